The number of halogens is 1. The largest absolute Gasteiger partial charge is 0.497 e. The third-order valence-corrected chi connectivity index (χ3v) is 4.86. The number of aromatic amines is 1. The van der Waals surface area contributed by atoms with Crippen molar-refractivity contribution in [3.63, 3.8) is 0 Å². The van der Waals surface area contributed by atoms with Crippen LogP contribution in [0.4, 0.5) is 0 Å². The molecule has 2 aromatic carbocycles. The van der Waals surface area contributed by atoms with E-state index in [2.05, 4.69) is 22.4 Å². The minimum Gasteiger partial charge on any atom is -0.497 e. The summed E-state index contributed by atoms with van der Waals surface area (Å²) in [6.07, 6.45) is 2.03. The zero-order valence-electron chi connectivity index (χ0n) is 12.4. The van der Waals surface area contributed by atoms with Crippen molar-refractivity contribution in [2.75, 3.05) is 14.2 Å². The number of nitrogens with one attached hydrogen (secondary N) is 2. The van der Waals surface area contributed by atoms with Gasteiger partial charge in [0.25, 0.3) is 0 Å². The van der Waals surface area contributed by atoms with Crippen molar-refractivity contribution >= 4 is 34.3 Å². The van der Waals surface area contributed by atoms with Gasteiger partial charge in [-0.25, -0.2) is 0 Å². The van der Waals surface area contributed by atoms with Crippen LogP contribution in [0.3, 0.4) is 0 Å². The first-order valence-electron chi connectivity index (χ1n) is 6.97. The van der Waals surface area contributed by atoms with E-state index in [-0.39, 0.29) is 0 Å². The molecule has 0 amide bonds. The Bertz CT molecular complexity index is 800. The summed E-state index contributed by atoms with van der Waals surface area (Å²) in [5, 5.41) is 5.10. The zero-order valence-corrected chi connectivity index (χ0v) is 14.0. The fourth-order valence-corrected chi connectivity index (χ4v) is 3.69. The van der Waals surface area contributed by atoms with Gasteiger partial charge in [0, 0.05) is 38.5 Å². The zero-order chi connectivity index (χ0) is 15.5. The van der Waals surface area contributed by atoms with Crippen LogP contribution in [0.2, 0.25) is 5.02 Å². The van der Waals surface area contributed by atoms with Gasteiger partial charge in [0.05, 0.1) is 7.11 Å². The highest BCUT2D eigenvalue weighted by Crippen LogP contribution is 2.37. The molecule has 114 valence electrons. The minimum absolute atomic E-state index is 0.750. The van der Waals surface area contributed by atoms with E-state index >= 15 is 0 Å². The molecule has 3 rings (SSSR count). The number of methoxy groups -OCH3 is 1. The predicted molar refractivity (Wildman–Crippen MR) is 93.2 cm³/mol. The highest BCUT2D eigenvalue weighted by Gasteiger charge is 2.10. The third-order valence-electron chi connectivity index (χ3n) is 3.47. The summed E-state index contributed by atoms with van der Waals surface area (Å²) < 4.78 is 5.32. The summed E-state index contributed by atoms with van der Waals surface area (Å²) in [4.78, 5) is 5.62. The molecule has 0 bridgehead atoms. The second-order valence-corrected chi connectivity index (χ2v) is 6.47. The number of ether oxygens (including phenoxy) is 1. The van der Waals surface area contributed by atoms with Gasteiger partial charge in [-0.1, -0.05) is 29.4 Å². The molecule has 5 heteroatoms. The van der Waals surface area contributed by atoms with E-state index < -0.39 is 0 Å². The first-order chi connectivity index (χ1) is 10.7. The Morgan fingerprint density at radius 1 is 1.18 bits per heavy atom. The van der Waals surface area contributed by atoms with E-state index in [1.54, 1.807) is 18.9 Å². The van der Waals surface area contributed by atoms with E-state index in [1.165, 1.54) is 5.56 Å². The van der Waals surface area contributed by atoms with Gasteiger partial charge < -0.3 is 15.0 Å². The lowest BCUT2D eigenvalue weighted by atomic mass is 10.2. The van der Waals surface area contributed by atoms with Crippen molar-refractivity contribution in [3.05, 3.63) is 53.2 Å². The number of aromatic nitrogens is 1. The molecule has 0 aliphatic rings. The number of fused-ring (bicyclic) bond motifs is 1. The van der Waals surface area contributed by atoms with Crippen molar-refractivity contribution in [1.82, 2.24) is 10.3 Å². The topological polar surface area (TPSA) is 37.0 Å². The number of hydrogen-bond acceptors (Lipinski definition) is 3. The molecule has 0 unspecified atom stereocenters. The maximum Gasteiger partial charge on any atom is 0.119 e. The quantitative estimate of drug-likeness (QED) is 0.711. The van der Waals surface area contributed by atoms with Crippen molar-refractivity contribution in [3.8, 4) is 5.75 Å². The highest BCUT2D eigenvalue weighted by atomic mass is 35.5. The molecule has 0 saturated carbocycles. The summed E-state index contributed by atoms with van der Waals surface area (Å²) in [5.41, 5.74) is 2.33. The van der Waals surface area contributed by atoms with Gasteiger partial charge >= 0.3 is 0 Å². The van der Waals surface area contributed by atoms with Crippen LogP contribution in [0.1, 0.15) is 5.56 Å². The van der Waals surface area contributed by atoms with Crippen LogP contribution >= 0.6 is 23.4 Å². The average Bonchev–Trinajstić information content (AvgIpc) is 2.92. The van der Waals surface area contributed by atoms with Gasteiger partial charge in [0.2, 0.25) is 0 Å². The van der Waals surface area contributed by atoms with Gasteiger partial charge in [-0.05, 0) is 42.9 Å². The maximum absolute atomic E-state index is 6.16. The molecular formula is C17H17ClN2OS. The summed E-state index contributed by atoms with van der Waals surface area (Å²) in [5.74, 6) is 0.857. The molecule has 2 N–H and O–H groups in total. The molecule has 0 atom stereocenters. The number of benzene rings is 2. The van der Waals surface area contributed by atoms with Gasteiger partial charge in [-0.3, -0.25) is 0 Å². The molecule has 0 aliphatic heterocycles. The average molecular weight is 333 g/mol. The Balaban J connectivity index is 2.01. The summed E-state index contributed by atoms with van der Waals surface area (Å²) in [7, 11) is 3.63. The highest BCUT2D eigenvalue weighted by molar-refractivity contribution is 7.99. The van der Waals surface area contributed by atoms with Crippen molar-refractivity contribution in [2.45, 2.75) is 16.3 Å². The van der Waals surface area contributed by atoms with Crippen LogP contribution in [0.25, 0.3) is 10.9 Å². The smallest absolute Gasteiger partial charge is 0.119 e. The van der Waals surface area contributed by atoms with Crippen LogP contribution in [-0.2, 0) is 6.54 Å². The van der Waals surface area contributed by atoms with Crippen LogP contribution in [0.5, 0.6) is 5.75 Å². The van der Waals surface area contributed by atoms with Crippen LogP contribution < -0.4 is 10.1 Å². The van der Waals surface area contributed by atoms with Gasteiger partial charge in [0.1, 0.15) is 5.75 Å². The van der Waals surface area contributed by atoms with Crippen molar-refractivity contribution < 1.29 is 4.74 Å². The summed E-state index contributed by atoms with van der Waals surface area (Å²) >= 11 is 7.87. The van der Waals surface area contributed by atoms with E-state index in [4.69, 9.17) is 16.3 Å². The summed E-state index contributed by atoms with van der Waals surface area (Å²) in [6, 6.07) is 12.0. The van der Waals surface area contributed by atoms with Crippen LogP contribution in [0, 0.1) is 0 Å². The molecule has 1 aromatic heterocycles. The fourth-order valence-electron chi connectivity index (χ4n) is 2.36. The minimum atomic E-state index is 0.750. The second-order valence-electron chi connectivity index (χ2n) is 4.95. The lowest BCUT2D eigenvalue weighted by Gasteiger charge is -2.09. The number of hydrogen-bond donors (Lipinski definition) is 2. The molecule has 1 heterocycles. The van der Waals surface area contributed by atoms with Gasteiger partial charge in [0.15, 0.2) is 0 Å². The molecule has 0 saturated heterocycles. The van der Waals surface area contributed by atoms with Crippen LogP contribution in [0.15, 0.2) is 52.4 Å². The molecule has 3 nitrogen and oxygen atoms in total. The Kier molecular flexibility index (Phi) is 4.62. The molecule has 0 aliphatic carbocycles. The second kappa shape index (κ2) is 6.65. The Morgan fingerprint density at radius 2 is 2.05 bits per heavy atom. The fraction of sp³-hybridized carbons (Fsp3) is 0.176. The first-order valence-corrected chi connectivity index (χ1v) is 8.16. The SMILES string of the molecule is CNCc1ccc(Cl)cc1Sc1c[nH]c2ccc(OC)cc12. The molecule has 0 spiro atoms. The Hall–Kier alpha value is -1.62. The van der Waals surface area contributed by atoms with Crippen molar-refractivity contribution in [1.29, 1.82) is 0 Å². The Labute approximate surface area is 139 Å². The van der Waals surface area contributed by atoms with E-state index in [9.17, 15) is 0 Å². The van der Waals surface area contributed by atoms with E-state index in [1.807, 2.05) is 37.5 Å². The summed E-state index contributed by atoms with van der Waals surface area (Å²) in [6.45, 7) is 0.811. The molecule has 0 fully saturated rings. The standard InChI is InChI=1S/C17H17ClN2OS/c1-19-9-11-3-4-12(18)7-16(11)22-17-10-20-15-6-5-13(21-2)8-14(15)17/h3-8,10,19-20H,9H2,1-2H3. The lowest BCUT2D eigenvalue weighted by molar-refractivity contribution is 0.415. The molecule has 3 aromatic rings. The van der Waals surface area contributed by atoms with Gasteiger partial charge in [-0.15, -0.1) is 0 Å². The van der Waals surface area contributed by atoms with Crippen molar-refractivity contribution in [2.24, 2.45) is 0 Å². The number of rotatable bonds is 5. The maximum atomic E-state index is 6.16. The number of H-pyrrole nitrogens is 1. The molecule has 0 radical (unpaired) electrons. The first kappa shape index (κ1) is 15.3. The normalized spacial score (nSPS) is 11.0. The molecule has 22 heavy (non-hydrogen) atoms. The third kappa shape index (κ3) is 3.09. The van der Waals surface area contributed by atoms with Gasteiger partial charge in [-0.2, -0.15) is 0 Å². The predicted octanol–water partition coefficient (Wildman–Crippen LogP) is 4.70. The Morgan fingerprint density at radius 3 is 2.82 bits per heavy atom. The van der Waals surface area contributed by atoms with E-state index in [0.717, 1.165) is 38.0 Å². The monoisotopic (exact) mass is 332 g/mol. The molecular weight excluding hydrogens is 316 g/mol. The lowest BCUT2D eigenvalue weighted by Crippen LogP contribution is -2.05. The van der Waals surface area contributed by atoms with Crippen LogP contribution in [-0.4, -0.2) is 19.1 Å². The van der Waals surface area contributed by atoms with E-state index in [0.29, 0.717) is 0 Å².